The monoisotopic (exact) mass is 274 g/mol. The Morgan fingerprint density at radius 3 is 2.60 bits per heavy atom. The second-order valence-electron chi connectivity index (χ2n) is 5.88. The highest BCUT2D eigenvalue weighted by atomic mass is 16.1. The first-order chi connectivity index (χ1) is 9.74. The van der Waals surface area contributed by atoms with Crippen LogP contribution in [-0.2, 0) is 11.3 Å². The third kappa shape index (κ3) is 5.33. The summed E-state index contributed by atoms with van der Waals surface area (Å²) in [6, 6.07) is 10.8. The summed E-state index contributed by atoms with van der Waals surface area (Å²) in [5.41, 5.74) is 1.29. The Bertz CT molecular complexity index is 399. The Morgan fingerprint density at radius 2 is 1.90 bits per heavy atom. The summed E-state index contributed by atoms with van der Waals surface area (Å²) in [5, 5.41) is 3.17. The van der Waals surface area contributed by atoms with Gasteiger partial charge in [-0.3, -0.25) is 4.79 Å². The van der Waals surface area contributed by atoms with Gasteiger partial charge in [0.15, 0.2) is 0 Å². The minimum Gasteiger partial charge on any atom is -0.353 e. The Kier molecular flexibility index (Phi) is 6.06. The van der Waals surface area contributed by atoms with Gasteiger partial charge in [-0.1, -0.05) is 49.6 Å². The lowest BCUT2D eigenvalue weighted by atomic mass is 9.95. The molecular weight excluding hydrogens is 248 g/mol. The molecule has 1 aliphatic carbocycles. The SMILES string of the molecule is CN(CCC(=O)NC1CCCCC1)Cc1ccccc1. The predicted octanol–water partition coefficient (Wildman–Crippen LogP) is 2.96. The summed E-state index contributed by atoms with van der Waals surface area (Å²) in [4.78, 5) is 14.1. The minimum absolute atomic E-state index is 0.205. The number of nitrogens with one attached hydrogen (secondary N) is 1. The zero-order valence-corrected chi connectivity index (χ0v) is 12.5. The van der Waals surface area contributed by atoms with Crippen molar-refractivity contribution in [3.63, 3.8) is 0 Å². The van der Waals surface area contributed by atoms with Crippen LogP contribution in [0.5, 0.6) is 0 Å². The Hall–Kier alpha value is -1.35. The van der Waals surface area contributed by atoms with Crippen LogP contribution in [0.1, 0.15) is 44.1 Å². The van der Waals surface area contributed by atoms with Gasteiger partial charge >= 0.3 is 0 Å². The fourth-order valence-corrected chi connectivity index (χ4v) is 2.81. The number of hydrogen-bond acceptors (Lipinski definition) is 2. The van der Waals surface area contributed by atoms with Gasteiger partial charge in [0.05, 0.1) is 0 Å². The van der Waals surface area contributed by atoms with E-state index in [9.17, 15) is 4.79 Å². The van der Waals surface area contributed by atoms with Crippen molar-refractivity contribution in [3.05, 3.63) is 35.9 Å². The molecule has 1 fully saturated rings. The maximum Gasteiger partial charge on any atom is 0.221 e. The molecule has 3 nitrogen and oxygen atoms in total. The van der Waals surface area contributed by atoms with E-state index in [1.807, 2.05) is 6.07 Å². The van der Waals surface area contributed by atoms with Crippen LogP contribution in [0, 0.1) is 0 Å². The molecule has 1 aliphatic rings. The maximum atomic E-state index is 11.9. The number of carbonyl (C=O) groups excluding carboxylic acids is 1. The Balaban J connectivity index is 1.64. The third-order valence-electron chi connectivity index (χ3n) is 3.99. The fraction of sp³-hybridized carbons (Fsp3) is 0.588. The second-order valence-corrected chi connectivity index (χ2v) is 5.88. The number of rotatable bonds is 6. The van der Waals surface area contributed by atoms with Crippen LogP contribution in [0.3, 0.4) is 0 Å². The predicted molar refractivity (Wildman–Crippen MR) is 82.4 cm³/mol. The molecule has 2 rings (SSSR count). The standard InChI is InChI=1S/C17H26N2O/c1-19(14-15-8-4-2-5-9-15)13-12-17(20)18-16-10-6-3-7-11-16/h2,4-5,8-9,16H,3,6-7,10-14H2,1H3,(H,18,20). The quantitative estimate of drug-likeness (QED) is 0.865. The van der Waals surface area contributed by atoms with Gasteiger partial charge in [0.2, 0.25) is 5.91 Å². The van der Waals surface area contributed by atoms with Gasteiger partial charge in [0.1, 0.15) is 0 Å². The first-order valence-corrected chi connectivity index (χ1v) is 7.76. The number of carbonyl (C=O) groups is 1. The number of amides is 1. The molecule has 0 spiro atoms. The highest BCUT2D eigenvalue weighted by Gasteiger charge is 2.15. The van der Waals surface area contributed by atoms with Gasteiger partial charge < -0.3 is 10.2 Å². The van der Waals surface area contributed by atoms with Crippen molar-refractivity contribution >= 4 is 5.91 Å². The maximum absolute atomic E-state index is 11.9. The van der Waals surface area contributed by atoms with E-state index < -0.39 is 0 Å². The molecule has 0 aliphatic heterocycles. The van der Waals surface area contributed by atoms with Crippen LogP contribution in [0.4, 0.5) is 0 Å². The fourth-order valence-electron chi connectivity index (χ4n) is 2.81. The van der Waals surface area contributed by atoms with Gasteiger partial charge in [0.25, 0.3) is 0 Å². The van der Waals surface area contributed by atoms with E-state index in [4.69, 9.17) is 0 Å². The van der Waals surface area contributed by atoms with Crippen molar-refractivity contribution in [2.24, 2.45) is 0 Å². The summed E-state index contributed by atoms with van der Waals surface area (Å²) in [6.45, 7) is 1.71. The van der Waals surface area contributed by atoms with Crippen LogP contribution >= 0.6 is 0 Å². The Morgan fingerprint density at radius 1 is 1.20 bits per heavy atom. The van der Waals surface area contributed by atoms with Crippen LogP contribution in [0.15, 0.2) is 30.3 Å². The molecule has 1 aromatic rings. The minimum atomic E-state index is 0.205. The lowest BCUT2D eigenvalue weighted by Crippen LogP contribution is -2.37. The van der Waals surface area contributed by atoms with E-state index in [1.165, 1.54) is 24.8 Å². The number of hydrogen-bond donors (Lipinski definition) is 1. The number of nitrogens with zero attached hydrogens (tertiary/aromatic N) is 1. The largest absolute Gasteiger partial charge is 0.353 e. The van der Waals surface area contributed by atoms with Crippen molar-refractivity contribution in [3.8, 4) is 0 Å². The van der Waals surface area contributed by atoms with Gasteiger partial charge in [-0.15, -0.1) is 0 Å². The molecule has 110 valence electrons. The van der Waals surface area contributed by atoms with E-state index in [2.05, 4.69) is 41.5 Å². The third-order valence-corrected chi connectivity index (χ3v) is 3.99. The summed E-state index contributed by atoms with van der Waals surface area (Å²) >= 11 is 0. The zero-order chi connectivity index (χ0) is 14.2. The molecule has 20 heavy (non-hydrogen) atoms. The molecule has 0 aromatic heterocycles. The molecule has 1 aromatic carbocycles. The van der Waals surface area contributed by atoms with Crippen molar-refractivity contribution in [1.29, 1.82) is 0 Å². The lowest BCUT2D eigenvalue weighted by molar-refractivity contribution is -0.122. The first-order valence-electron chi connectivity index (χ1n) is 7.76. The van der Waals surface area contributed by atoms with E-state index in [1.54, 1.807) is 0 Å². The summed E-state index contributed by atoms with van der Waals surface area (Å²) in [5.74, 6) is 0.205. The highest BCUT2D eigenvalue weighted by molar-refractivity contribution is 5.76. The van der Waals surface area contributed by atoms with Crippen LogP contribution < -0.4 is 5.32 Å². The van der Waals surface area contributed by atoms with Crippen LogP contribution in [0.25, 0.3) is 0 Å². The average Bonchev–Trinajstić information content (AvgIpc) is 2.47. The van der Waals surface area contributed by atoms with Gasteiger partial charge in [-0.25, -0.2) is 0 Å². The highest BCUT2D eigenvalue weighted by Crippen LogP contribution is 2.17. The second kappa shape index (κ2) is 8.05. The lowest BCUT2D eigenvalue weighted by Gasteiger charge is -2.23. The topological polar surface area (TPSA) is 32.3 Å². The van der Waals surface area contributed by atoms with Gasteiger partial charge in [-0.2, -0.15) is 0 Å². The summed E-state index contributed by atoms with van der Waals surface area (Å²) in [6.07, 6.45) is 6.76. The molecule has 1 saturated carbocycles. The van der Waals surface area contributed by atoms with E-state index >= 15 is 0 Å². The van der Waals surface area contributed by atoms with Gasteiger partial charge in [-0.05, 0) is 25.5 Å². The molecule has 0 radical (unpaired) electrons. The zero-order valence-electron chi connectivity index (χ0n) is 12.5. The molecular formula is C17H26N2O. The molecule has 1 N–H and O–H groups in total. The summed E-state index contributed by atoms with van der Waals surface area (Å²) in [7, 11) is 2.07. The molecule has 0 saturated heterocycles. The van der Waals surface area contributed by atoms with E-state index in [-0.39, 0.29) is 5.91 Å². The first kappa shape index (κ1) is 15.0. The molecule has 3 heteroatoms. The molecule has 0 atom stereocenters. The molecule has 1 amide bonds. The average molecular weight is 274 g/mol. The van der Waals surface area contributed by atoms with E-state index in [0.717, 1.165) is 25.9 Å². The van der Waals surface area contributed by atoms with Crippen molar-refractivity contribution in [2.75, 3.05) is 13.6 Å². The van der Waals surface area contributed by atoms with Crippen molar-refractivity contribution in [2.45, 2.75) is 51.1 Å². The van der Waals surface area contributed by atoms with Gasteiger partial charge in [0, 0.05) is 25.6 Å². The van der Waals surface area contributed by atoms with Crippen molar-refractivity contribution in [1.82, 2.24) is 10.2 Å². The van der Waals surface area contributed by atoms with E-state index in [0.29, 0.717) is 12.5 Å². The van der Waals surface area contributed by atoms with Crippen LogP contribution in [0.2, 0.25) is 0 Å². The van der Waals surface area contributed by atoms with Crippen LogP contribution in [-0.4, -0.2) is 30.4 Å². The molecule has 0 bridgehead atoms. The normalized spacial score (nSPS) is 16.3. The molecule has 0 unspecified atom stereocenters. The Labute approximate surface area is 122 Å². The molecule has 0 heterocycles. The van der Waals surface area contributed by atoms with Crippen molar-refractivity contribution < 1.29 is 4.79 Å². The summed E-state index contributed by atoms with van der Waals surface area (Å²) < 4.78 is 0. The smallest absolute Gasteiger partial charge is 0.221 e. The number of benzene rings is 1.